The number of rotatable bonds is 6. The number of nitriles is 1. The predicted molar refractivity (Wildman–Crippen MR) is 163 cm³/mol. The standard InChI is InChI=1S/C31H34BrN7O2/c1-3-28(40)38-15-16-39(23(17-33)18-38)30-24-12-14-37(27-11-5-8-21-7-4-10-25(32)29(21)27)19-26(24)34-31(35-30)41-20-22-9-6-13-36(22)2/h3-5,7-8,10-11,22-23H,1,6,9,12-16,18-20H2,2H3/t22-,23-/m0/s1. The first kappa shape index (κ1) is 27.5. The molecule has 4 heterocycles. The predicted octanol–water partition coefficient (Wildman–Crippen LogP) is 4.15. The molecule has 41 heavy (non-hydrogen) atoms. The second kappa shape index (κ2) is 11.7. The number of carbonyl (C=O) groups excluding carboxylic acids is 1. The van der Waals surface area contributed by atoms with E-state index in [0.29, 0.717) is 44.8 Å². The van der Waals surface area contributed by atoms with Crippen LogP contribution >= 0.6 is 15.9 Å². The normalized spacial score (nSPS) is 21.0. The summed E-state index contributed by atoms with van der Waals surface area (Å²) >= 11 is 3.77. The minimum atomic E-state index is -0.521. The van der Waals surface area contributed by atoms with Crippen molar-refractivity contribution in [2.45, 2.75) is 37.9 Å². The minimum Gasteiger partial charge on any atom is -0.462 e. The van der Waals surface area contributed by atoms with E-state index in [0.717, 1.165) is 59.6 Å². The summed E-state index contributed by atoms with van der Waals surface area (Å²) in [5.74, 6) is 0.594. The van der Waals surface area contributed by atoms with Gasteiger partial charge in [-0.15, -0.1) is 0 Å². The van der Waals surface area contributed by atoms with E-state index in [1.807, 2.05) is 4.90 Å². The third-order valence-corrected chi connectivity index (χ3v) is 9.22. The molecule has 0 unspecified atom stereocenters. The molecule has 212 valence electrons. The summed E-state index contributed by atoms with van der Waals surface area (Å²) in [5, 5.41) is 12.5. The maximum Gasteiger partial charge on any atom is 0.318 e. The van der Waals surface area contributed by atoms with Crippen molar-refractivity contribution in [3.05, 3.63) is 64.8 Å². The number of carbonyl (C=O) groups is 1. The molecule has 9 nitrogen and oxygen atoms in total. The second-order valence-electron chi connectivity index (χ2n) is 11.0. The van der Waals surface area contributed by atoms with Gasteiger partial charge in [-0.25, -0.2) is 0 Å². The van der Waals surface area contributed by atoms with E-state index in [1.165, 1.54) is 16.8 Å². The molecule has 0 aliphatic carbocycles. The van der Waals surface area contributed by atoms with Crippen LogP contribution in [-0.4, -0.2) is 84.1 Å². The summed E-state index contributed by atoms with van der Waals surface area (Å²) in [6.07, 6.45) is 4.30. The van der Waals surface area contributed by atoms with Crippen LogP contribution in [0.25, 0.3) is 10.8 Å². The maximum absolute atomic E-state index is 12.3. The molecule has 0 bridgehead atoms. The topological polar surface area (TPSA) is 88.8 Å². The van der Waals surface area contributed by atoms with Gasteiger partial charge in [0.15, 0.2) is 0 Å². The number of aromatic nitrogens is 2. The molecule has 1 aromatic heterocycles. The van der Waals surface area contributed by atoms with Crippen LogP contribution in [0.15, 0.2) is 53.5 Å². The molecular formula is C31H34BrN7O2. The highest BCUT2D eigenvalue weighted by molar-refractivity contribution is 9.10. The number of fused-ring (bicyclic) bond motifs is 2. The van der Waals surface area contributed by atoms with Crippen molar-refractivity contribution in [1.82, 2.24) is 19.8 Å². The number of amides is 1. The van der Waals surface area contributed by atoms with E-state index in [-0.39, 0.29) is 5.91 Å². The highest BCUT2D eigenvalue weighted by Crippen LogP contribution is 2.37. The van der Waals surface area contributed by atoms with Crippen molar-refractivity contribution in [2.75, 3.05) is 56.2 Å². The number of ether oxygens (including phenoxy) is 1. The van der Waals surface area contributed by atoms with Gasteiger partial charge in [0.05, 0.1) is 24.9 Å². The first-order chi connectivity index (χ1) is 20.0. The summed E-state index contributed by atoms with van der Waals surface area (Å²) in [6, 6.07) is 15.2. The lowest BCUT2D eigenvalue weighted by atomic mass is 10.0. The molecule has 2 aromatic carbocycles. The number of anilines is 2. The summed E-state index contributed by atoms with van der Waals surface area (Å²) < 4.78 is 7.32. The maximum atomic E-state index is 12.3. The van der Waals surface area contributed by atoms with E-state index in [4.69, 9.17) is 14.7 Å². The Labute approximate surface area is 249 Å². The lowest BCUT2D eigenvalue weighted by Crippen LogP contribution is -2.54. The molecule has 3 aliphatic rings. The number of hydrogen-bond donors (Lipinski definition) is 0. The smallest absolute Gasteiger partial charge is 0.318 e. The van der Waals surface area contributed by atoms with Gasteiger partial charge in [0.25, 0.3) is 0 Å². The molecule has 3 aromatic rings. The quantitative estimate of drug-likeness (QED) is 0.382. The fraction of sp³-hybridized carbons (Fsp3) is 0.419. The first-order valence-electron chi connectivity index (χ1n) is 14.2. The molecule has 0 N–H and O–H groups in total. The van der Waals surface area contributed by atoms with Gasteiger partial charge in [0.2, 0.25) is 5.91 Å². The fourth-order valence-corrected chi connectivity index (χ4v) is 6.86. The molecule has 3 aliphatic heterocycles. The van der Waals surface area contributed by atoms with Crippen LogP contribution in [0.3, 0.4) is 0 Å². The largest absolute Gasteiger partial charge is 0.462 e. The van der Waals surface area contributed by atoms with Gasteiger partial charge < -0.3 is 24.3 Å². The van der Waals surface area contributed by atoms with Gasteiger partial charge in [0, 0.05) is 46.8 Å². The Kier molecular flexibility index (Phi) is 7.82. The van der Waals surface area contributed by atoms with Crippen molar-refractivity contribution >= 4 is 44.1 Å². The Morgan fingerprint density at radius 2 is 2.02 bits per heavy atom. The van der Waals surface area contributed by atoms with Crippen LogP contribution in [0.1, 0.15) is 24.1 Å². The van der Waals surface area contributed by atoms with Crippen LogP contribution < -0.4 is 14.5 Å². The molecule has 0 radical (unpaired) electrons. The molecule has 0 saturated carbocycles. The molecular weight excluding hydrogens is 582 g/mol. The average molecular weight is 617 g/mol. The third kappa shape index (κ3) is 5.36. The lowest BCUT2D eigenvalue weighted by Gasteiger charge is -2.40. The van der Waals surface area contributed by atoms with Crippen molar-refractivity contribution in [1.29, 1.82) is 5.26 Å². The minimum absolute atomic E-state index is 0.156. The molecule has 2 saturated heterocycles. The van der Waals surface area contributed by atoms with Gasteiger partial charge in [0.1, 0.15) is 18.5 Å². The molecule has 2 atom stereocenters. The third-order valence-electron chi connectivity index (χ3n) is 8.56. The Balaban J connectivity index is 1.35. The van der Waals surface area contributed by atoms with Crippen LogP contribution in [-0.2, 0) is 17.8 Å². The van der Waals surface area contributed by atoms with Gasteiger partial charge in [-0.1, -0.05) is 46.8 Å². The summed E-state index contributed by atoms with van der Waals surface area (Å²) in [7, 11) is 2.13. The van der Waals surface area contributed by atoms with Crippen molar-refractivity contribution in [3.63, 3.8) is 0 Å². The SMILES string of the molecule is C=CC(=O)N1CCN(c2nc(OC[C@@H]3CCCN3C)nc3c2CCN(c2cccc4cccc(Br)c24)C3)[C@@H](C#N)C1. The number of likely N-dealkylation sites (tertiary alicyclic amines) is 1. The van der Waals surface area contributed by atoms with Gasteiger partial charge in [-0.3, -0.25) is 4.79 Å². The number of hydrogen-bond acceptors (Lipinski definition) is 8. The highest BCUT2D eigenvalue weighted by Gasteiger charge is 2.34. The van der Waals surface area contributed by atoms with Crippen molar-refractivity contribution < 1.29 is 9.53 Å². The Hall–Kier alpha value is -3.68. The van der Waals surface area contributed by atoms with Gasteiger partial charge >= 0.3 is 6.01 Å². The van der Waals surface area contributed by atoms with E-state index >= 15 is 0 Å². The van der Waals surface area contributed by atoms with Gasteiger partial charge in [-0.05, 0) is 56.4 Å². The molecule has 2 fully saturated rings. The van der Waals surface area contributed by atoms with E-state index < -0.39 is 6.04 Å². The van der Waals surface area contributed by atoms with Crippen LogP contribution in [0.5, 0.6) is 6.01 Å². The number of benzene rings is 2. The van der Waals surface area contributed by atoms with Gasteiger partial charge in [-0.2, -0.15) is 15.2 Å². The van der Waals surface area contributed by atoms with Crippen molar-refractivity contribution in [2.24, 2.45) is 0 Å². The van der Waals surface area contributed by atoms with Crippen molar-refractivity contribution in [3.8, 4) is 12.1 Å². The average Bonchev–Trinajstić information content (AvgIpc) is 3.42. The summed E-state index contributed by atoms with van der Waals surface area (Å²) in [6.45, 7) is 7.92. The molecule has 6 rings (SSSR count). The number of halogens is 1. The molecule has 1 amide bonds. The molecule has 0 spiro atoms. The number of piperazine rings is 1. The zero-order valence-corrected chi connectivity index (χ0v) is 24.9. The zero-order valence-electron chi connectivity index (χ0n) is 23.3. The summed E-state index contributed by atoms with van der Waals surface area (Å²) in [5.41, 5.74) is 3.12. The Bertz CT molecular complexity index is 1520. The van der Waals surface area contributed by atoms with Crippen LogP contribution in [0.4, 0.5) is 11.5 Å². The van der Waals surface area contributed by atoms with E-state index in [2.05, 4.69) is 81.8 Å². The summed E-state index contributed by atoms with van der Waals surface area (Å²) in [4.78, 5) is 30.6. The highest BCUT2D eigenvalue weighted by atomic mass is 79.9. The number of likely N-dealkylation sites (N-methyl/N-ethyl adjacent to an activating group) is 1. The van der Waals surface area contributed by atoms with Crippen LogP contribution in [0.2, 0.25) is 0 Å². The van der Waals surface area contributed by atoms with E-state index in [1.54, 1.807) is 4.90 Å². The monoisotopic (exact) mass is 615 g/mol. The fourth-order valence-electron chi connectivity index (χ4n) is 6.27. The Morgan fingerprint density at radius 1 is 1.20 bits per heavy atom. The number of nitrogens with zero attached hydrogens (tertiary/aromatic N) is 7. The van der Waals surface area contributed by atoms with E-state index in [9.17, 15) is 10.1 Å². The lowest BCUT2D eigenvalue weighted by molar-refractivity contribution is -0.126. The first-order valence-corrected chi connectivity index (χ1v) is 15.0. The second-order valence-corrected chi connectivity index (χ2v) is 11.8. The zero-order chi connectivity index (χ0) is 28.5. The van der Waals surface area contributed by atoms with Crippen LogP contribution in [0, 0.1) is 11.3 Å². The Morgan fingerprint density at radius 3 is 2.78 bits per heavy atom. The molecule has 10 heteroatoms.